The van der Waals surface area contributed by atoms with Crippen LogP contribution in [-0.4, -0.2) is 50.2 Å². The van der Waals surface area contributed by atoms with E-state index in [-0.39, 0.29) is 0 Å². The Kier molecular flexibility index (Phi) is 6.14. The van der Waals surface area contributed by atoms with Crippen molar-refractivity contribution in [2.24, 2.45) is 0 Å². The highest BCUT2D eigenvalue weighted by atomic mass is 35.5. The minimum Gasteiger partial charge on any atom is -0.369 e. The summed E-state index contributed by atoms with van der Waals surface area (Å²) in [6, 6.07) is 8.80. The first-order chi connectivity index (χ1) is 9.69. The molecule has 1 atom stereocenters. The Labute approximate surface area is 127 Å². The summed E-state index contributed by atoms with van der Waals surface area (Å²) in [5.74, 6) is 0. The number of nitrogens with zero attached hydrogens (tertiary/aromatic N) is 2. The third-order valence-corrected chi connectivity index (χ3v) is 4.35. The first kappa shape index (κ1) is 15.6. The first-order valence-electron chi connectivity index (χ1n) is 7.65. The second-order valence-corrected chi connectivity index (χ2v) is 6.00. The Morgan fingerprint density at radius 3 is 2.40 bits per heavy atom. The summed E-state index contributed by atoms with van der Waals surface area (Å²) in [5, 5.41) is 4.37. The molecular formula is C16H26ClN3. The molecule has 1 aliphatic rings. The van der Waals surface area contributed by atoms with Gasteiger partial charge in [0.1, 0.15) is 0 Å². The zero-order valence-electron chi connectivity index (χ0n) is 12.6. The van der Waals surface area contributed by atoms with Crippen LogP contribution in [0.1, 0.15) is 20.3 Å². The monoisotopic (exact) mass is 295 g/mol. The van der Waals surface area contributed by atoms with Crippen LogP contribution in [0.4, 0.5) is 5.69 Å². The van der Waals surface area contributed by atoms with E-state index in [1.807, 2.05) is 12.1 Å². The van der Waals surface area contributed by atoms with Crippen LogP contribution in [0.2, 0.25) is 5.02 Å². The lowest BCUT2D eigenvalue weighted by atomic mass is 10.2. The van der Waals surface area contributed by atoms with Crippen molar-refractivity contribution in [3.63, 3.8) is 0 Å². The van der Waals surface area contributed by atoms with E-state index in [1.54, 1.807) is 0 Å². The zero-order chi connectivity index (χ0) is 14.4. The van der Waals surface area contributed by atoms with Crippen LogP contribution in [0.5, 0.6) is 0 Å². The van der Waals surface area contributed by atoms with Crippen LogP contribution < -0.4 is 10.2 Å². The van der Waals surface area contributed by atoms with E-state index in [1.165, 1.54) is 12.1 Å². The van der Waals surface area contributed by atoms with Gasteiger partial charge < -0.3 is 10.2 Å². The molecule has 0 saturated carbocycles. The fourth-order valence-electron chi connectivity index (χ4n) is 2.49. The van der Waals surface area contributed by atoms with Crippen molar-refractivity contribution < 1.29 is 0 Å². The van der Waals surface area contributed by atoms with E-state index in [2.05, 4.69) is 41.1 Å². The SMILES string of the molecule is CCC(C)NCCN1CCN(c2ccc(Cl)cc2)CC1. The Morgan fingerprint density at radius 2 is 1.80 bits per heavy atom. The van der Waals surface area contributed by atoms with Crippen LogP contribution in [0.3, 0.4) is 0 Å². The summed E-state index contributed by atoms with van der Waals surface area (Å²) in [4.78, 5) is 4.98. The molecule has 1 N–H and O–H groups in total. The number of nitrogens with one attached hydrogen (secondary N) is 1. The van der Waals surface area contributed by atoms with E-state index in [9.17, 15) is 0 Å². The molecule has 2 rings (SSSR count). The lowest BCUT2D eigenvalue weighted by molar-refractivity contribution is 0.254. The van der Waals surface area contributed by atoms with E-state index in [4.69, 9.17) is 11.6 Å². The highest BCUT2D eigenvalue weighted by Crippen LogP contribution is 2.19. The molecule has 1 fully saturated rings. The van der Waals surface area contributed by atoms with Gasteiger partial charge in [0.2, 0.25) is 0 Å². The topological polar surface area (TPSA) is 18.5 Å². The molecule has 112 valence electrons. The molecule has 1 saturated heterocycles. The first-order valence-corrected chi connectivity index (χ1v) is 8.03. The van der Waals surface area contributed by atoms with E-state index < -0.39 is 0 Å². The minimum atomic E-state index is 0.630. The molecule has 0 aliphatic carbocycles. The second-order valence-electron chi connectivity index (χ2n) is 5.57. The van der Waals surface area contributed by atoms with Crippen molar-refractivity contribution in [3.8, 4) is 0 Å². The highest BCUT2D eigenvalue weighted by molar-refractivity contribution is 6.30. The van der Waals surface area contributed by atoms with Gasteiger partial charge in [-0.1, -0.05) is 18.5 Å². The lowest BCUT2D eigenvalue weighted by Gasteiger charge is -2.36. The lowest BCUT2D eigenvalue weighted by Crippen LogP contribution is -2.48. The number of hydrogen-bond acceptors (Lipinski definition) is 3. The summed E-state index contributed by atoms with van der Waals surface area (Å²) >= 11 is 5.93. The van der Waals surface area contributed by atoms with Gasteiger partial charge in [-0.2, -0.15) is 0 Å². The van der Waals surface area contributed by atoms with Crippen molar-refractivity contribution in [1.82, 2.24) is 10.2 Å². The summed E-state index contributed by atoms with van der Waals surface area (Å²) in [6.07, 6.45) is 1.20. The van der Waals surface area contributed by atoms with Crippen LogP contribution >= 0.6 is 11.6 Å². The average Bonchev–Trinajstić information content (AvgIpc) is 2.48. The molecule has 3 nitrogen and oxygen atoms in total. The Morgan fingerprint density at radius 1 is 1.15 bits per heavy atom. The van der Waals surface area contributed by atoms with Gasteiger partial charge in [-0.05, 0) is 37.6 Å². The molecule has 20 heavy (non-hydrogen) atoms. The third kappa shape index (κ3) is 4.65. The second kappa shape index (κ2) is 7.87. The van der Waals surface area contributed by atoms with Gasteiger partial charge >= 0.3 is 0 Å². The highest BCUT2D eigenvalue weighted by Gasteiger charge is 2.16. The van der Waals surface area contributed by atoms with Crippen molar-refractivity contribution in [2.45, 2.75) is 26.3 Å². The van der Waals surface area contributed by atoms with Gasteiger partial charge in [0.25, 0.3) is 0 Å². The number of rotatable bonds is 6. The molecule has 0 bridgehead atoms. The van der Waals surface area contributed by atoms with Gasteiger partial charge in [-0.15, -0.1) is 0 Å². The molecule has 0 aromatic heterocycles. The van der Waals surface area contributed by atoms with E-state index in [0.717, 1.165) is 44.3 Å². The maximum absolute atomic E-state index is 5.93. The molecule has 1 unspecified atom stereocenters. The third-order valence-electron chi connectivity index (χ3n) is 4.10. The number of hydrogen-bond donors (Lipinski definition) is 1. The number of benzene rings is 1. The van der Waals surface area contributed by atoms with Crippen molar-refractivity contribution >= 4 is 17.3 Å². The van der Waals surface area contributed by atoms with Crippen molar-refractivity contribution in [2.75, 3.05) is 44.2 Å². The summed E-state index contributed by atoms with van der Waals surface area (Å²) in [7, 11) is 0. The van der Waals surface area contributed by atoms with Gasteiger partial charge in [-0.3, -0.25) is 4.90 Å². The smallest absolute Gasteiger partial charge is 0.0407 e. The number of halogens is 1. The summed E-state index contributed by atoms with van der Waals surface area (Å²) < 4.78 is 0. The minimum absolute atomic E-state index is 0.630. The molecule has 4 heteroatoms. The molecular weight excluding hydrogens is 270 g/mol. The predicted octanol–water partition coefficient (Wildman–Crippen LogP) is 2.85. The van der Waals surface area contributed by atoms with Crippen LogP contribution in [-0.2, 0) is 0 Å². The summed E-state index contributed by atoms with van der Waals surface area (Å²) in [5.41, 5.74) is 1.28. The van der Waals surface area contributed by atoms with Gasteiger partial charge in [0, 0.05) is 56.0 Å². The fourth-order valence-corrected chi connectivity index (χ4v) is 2.62. The van der Waals surface area contributed by atoms with E-state index >= 15 is 0 Å². The molecule has 1 aromatic carbocycles. The normalized spacial score (nSPS) is 18.2. The molecule has 0 spiro atoms. The standard InChI is InChI=1S/C16H26ClN3/c1-3-14(2)18-8-9-19-10-12-20(13-11-19)16-6-4-15(17)5-7-16/h4-7,14,18H,3,8-13H2,1-2H3. The maximum Gasteiger partial charge on any atom is 0.0407 e. The molecule has 1 aliphatic heterocycles. The largest absolute Gasteiger partial charge is 0.369 e. The Hall–Kier alpha value is -0.770. The fraction of sp³-hybridized carbons (Fsp3) is 0.625. The average molecular weight is 296 g/mol. The molecule has 1 heterocycles. The zero-order valence-corrected chi connectivity index (χ0v) is 13.4. The van der Waals surface area contributed by atoms with Crippen LogP contribution in [0.25, 0.3) is 0 Å². The molecule has 0 radical (unpaired) electrons. The van der Waals surface area contributed by atoms with E-state index in [0.29, 0.717) is 6.04 Å². The molecule has 0 amide bonds. The Balaban J connectivity index is 1.71. The van der Waals surface area contributed by atoms with Gasteiger partial charge in [0.15, 0.2) is 0 Å². The van der Waals surface area contributed by atoms with Crippen LogP contribution in [0.15, 0.2) is 24.3 Å². The van der Waals surface area contributed by atoms with Gasteiger partial charge in [0.05, 0.1) is 0 Å². The number of piperazine rings is 1. The van der Waals surface area contributed by atoms with Crippen molar-refractivity contribution in [3.05, 3.63) is 29.3 Å². The molecule has 1 aromatic rings. The van der Waals surface area contributed by atoms with Gasteiger partial charge in [-0.25, -0.2) is 0 Å². The van der Waals surface area contributed by atoms with Crippen LogP contribution in [0, 0.1) is 0 Å². The Bertz CT molecular complexity index is 385. The maximum atomic E-state index is 5.93. The number of anilines is 1. The van der Waals surface area contributed by atoms with Crippen molar-refractivity contribution in [1.29, 1.82) is 0 Å². The summed E-state index contributed by atoms with van der Waals surface area (Å²) in [6.45, 7) is 11.2. The predicted molar refractivity (Wildman–Crippen MR) is 87.9 cm³/mol. The quantitative estimate of drug-likeness (QED) is 0.871.